The summed E-state index contributed by atoms with van der Waals surface area (Å²) < 4.78 is 0. The van der Waals surface area contributed by atoms with Crippen LogP contribution in [-0.4, -0.2) is 54.0 Å². The van der Waals surface area contributed by atoms with Crippen LogP contribution in [0.1, 0.15) is 32.1 Å². The molecule has 3 aliphatic rings. The summed E-state index contributed by atoms with van der Waals surface area (Å²) in [5.41, 5.74) is 2.80. The van der Waals surface area contributed by atoms with Crippen LogP contribution in [0.4, 0.5) is 0 Å². The number of piperazine rings is 1. The van der Waals surface area contributed by atoms with Crippen molar-refractivity contribution in [3.63, 3.8) is 0 Å². The van der Waals surface area contributed by atoms with Crippen molar-refractivity contribution in [2.24, 2.45) is 10.8 Å². The van der Waals surface area contributed by atoms with E-state index in [1.165, 1.54) is 38.6 Å². The highest BCUT2D eigenvalue weighted by molar-refractivity contribution is 5.80. The van der Waals surface area contributed by atoms with E-state index in [1.807, 2.05) is 0 Å². The number of nitrogens with one attached hydrogen (secondary N) is 1. The monoisotopic (exact) mass is 237 g/mol. The lowest BCUT2D eigenvalue weighted by Gasteiger charge is -2.44. The summed E-state index contributed by atoms with van der Waals surface area (Å²) in [5, 5.41) is 0. The highest BCUT2D eigenvalue weighted by Gasteiger charge is 2.31. The Balaban J connectivity index is 1.63. The summed E-state index contributed by atoms with van der Waals surface area (Å²) in [6, 6.07) is 1.25. The van der Waals surface area contributed by atoms with Gasteiger partial charge in [0.2, 0.25) is 5.96 Å². The maximum absolute atomic E-state index is 5.61. The zero-order chi connectivity index (χ0) is 11.7. The standard InChI is InChI=1S/C12H23N5/c13-15-12(14-10-4-5-10)17-8-7-16-6-2-1-3-11(16)9-17/h10-11H,1-9,13H2,(H,14,15). The molecule has 0 aromatic rings. The first-order chi connectivity index (χ1) is 8.36. The van der Waals surface area contributed by atoms with Crippen LogP contribution in [-0.2, 0) is 0 Å². The van der Waals surface area contributed by atoms with Crippen LogP contribution < -0.4 is 11.3 Å². The second kappa shape index (κ2) is 4.82. The van der Waals surface area contributed by atoms with Gasteiger partial charge in [-0.25, -0.2) is 10.8 Å². The molecule has 3 rings (SSSR count). The van der Waals surface area contributed by atoms with Gasteiger partial charge >= 0.3 is 0 Å². The highest BCUT2D eigenvalue weighted by atomic mass is 15.4. The van der Waals surface area contributed by atoms with E-state index in [0.29, 0.717) is 6.04 Å². The molecule has 0 aromatic carbocycles. The molecule has 0 radical (unpaired) electrons. The summed E-state index contributed by atoms with van der Waals surface area (Å²) >= 11 is 0. The number of nitrogens with zero attached hydrogens (tertiary/aromatic N) is 3. The van der Waals surface area contributed by atoms with Gasteiger partial charge in [0.1, 0.15) is 0 Å². The fourth-order valence-corrected chi connectivity index (χ4v) is 2.94. The number of rotatable bonds is 1. The topological polar surface area (TPSA) is 56.9 Å². The number of piperidine rings is 1. The van der Waals surface area contributed by atoms with Gasteiger partial charge in [0.25, 0.3) is 0 Å². The van der Waals surface area contributed by atoms with E-state index in [4.69, 9.17) is 5.84 Å². The lowest BCUT2D eigenvalue weighted by molar-refractivity contribution is 0.0785. The lowest BCUT2D eigenvalue weighted by atomic mass is 10.00. The molecule has 1 atom stereocenters. The van der Waals surface area contributed by atoms with Crippen molar-refractivity contribution >= 4 is 5.96 Å². The van der Waals surface area contributed by atoms with Crippen molar-refractivity contribution in [2.75, 3.05) is 26.2 Å². The Morgan fingerprint density at radius 2 is 2.00 bits per heavy atom. The number of guanidine groups is 1. The van der Waals surface area contributed by atoms with E-state index < -0.39 is 0 Å². The van der Waals surface area contributed by atoms with Gasteiger partial charge in [0.05, 0.1) is 6.04 Å². The van der Waals surface area contributed by atoms with Crippen LogP contribution in [0.5, 0.6) is 0 Å². The molecule has 0 aromatic heterocycles. The number of aliphatic imine (C=N–C) groups is 1. The van der Waals surface area contributed by atoms with Gasteiger partial charge in [-0.2, -0.15) is 0 Å². The largest absolute Gasteiger partial charge is 0.339 e. The Kier molecular flexibility index (Phi) is 3.20. The third-order valence-corrected chi connectivity index (χ3v) is 4.12. The van der Waals surface area contributed by atoms with E-state index in [2.05, 4.69) is 20.2 Å². The second-order valence-electron chi connectivity index (χ2n) is 5.46. The van der Waals surface area contributed by atoms with Gasteiger partial charge in [0, 0.05) is 25.7 Å². The minimum atomic E-state index is 0.533. The maximum atomic E-state index is 5.61. The maximum Gasteiger partial charge on any atom is 0.208 e. The number of hydrazine groups is 1. The minimum absolute atomic E-state index is 0.533. The van der Waals surface area contributed by atoms with Crippen molar-refractivity contribution in [1.29, 1.82) is 0 Å². The average Bonchev–Trinajstić information content (AvgIpc) is 3.19. The highest BCUT2D eigenvalue weighted by Crippen LogP contribution is 2.25. The molecule has 96 valence electrons. The van der Waals surface area contributed by atoms with Gasteiger partial charge in [-0.3, -0.25) is 10.3 Å². The Morgan fingerprint density at radius 3 is 2.76 bits per heavy atom. The zero-order valence-electron chi connectivity index (χ0n) is 10.4. The van der Waals surface area contributed by atoms with E-state index in [-0.39, 0.29) is 0 Å². The Labute approximate surface area is 103 Å². The van der Waals surface area contributed by atoms with Gasteiger partial charge in [-0.05, 0) is 32.2 Å². The molecule has 0 spiro atoms. The molecule has 2 heterocycles. The molecule has 2 saturated heterocycles. The molecule has 0 amide bonds. The van der Waals surface area contributed by atoms with Crippen molar-refractivity contribution in [2.45, 2.75) is 44.2 Å². The molecule has 0 bridgehead atoms. The minimum Gasteiger partial charge on any atom is -0.339 e. The van der Waals surface area contributed by atoms with Crippen molar-refractivity contribution in [3.05, 3.63) is 0 Å². The van der Waals surface area contributed by atoms with Crippen LogP contribution >= 0.6 is 0 Å². The third-order valence-electron chi connectivity index (χ3n) is 4.12. The Hall–Kier alpha value is -0.810. The number of hydrogen-bond acceptors (Lipinski definition) is 3. The summed E-state index contributed by atoms with van der Waals surface area (Å²) in [7, 11) is 0. The molecule has 2 aliphatic heterocycles. The van der Waals surface area contributed by atoms with E-state index in [1.54, 1.807) is 0 Å². The average molecular weight is 237 g/mol. The first-order valence-electron chi connectivity index (χ1n) is 6.90. The van der Waals surface area contributed by atoms with Crippen molar-refractivity contribution in [3.8, 4) is 0 Å². The van der Waals surface area contributed by atoms with Crippen molar-refractivity contribution in [1.82, 2.24) is 15.2 Å². The SMILES string of the molecule is NNC(=NC1CC1)N1CCN2CCCCC2C1. The van der Waals surface area contributed by atoms with Crippen molar-refractivity contribution < 1.29 is 0 Å². The summed E-state index contributed by atoms with van der Waals surface area (Å²) in [6.45, 7) is 4.60. The Morgan fingerprint density at radius 1 is 1.12 bits per heavy atom. The summed E-state index contributed by atoms with van der Waals surface area (Å²) in [6.07, 6.45) is 6.54. The van der Waals surface area contributed by atoms with Gasteiger partial charge in [-0.15, -0.1) is 0 Å². The molecule has 5 heteroatoms. The van der Waals surface area contributed by atoms with Gasteiger partial charge in [-0.1, -0.05) is 6.42 Å². The fourth-order valence-electron chi connectivity index (χ4n) is 2.94. The predicted molar refractivity (Wildman–Crippen MR) is 68.6 cm³/mol. The Bertz CT molecular complexity index is 299. The molecule has 1 unspecified atom stereocenters. The van der Waals surface area contributed by atoms with Gasteiger partial charge in [0.15, 0.2) is 0 Å². The van der Waals surface area contributed by atoms with Crippen LogP contribution in [0, 0.1) is 0 Å². The first kappa shape index (κ1) is 11.3. The zero-order valence-corrected chi connectivity index (χ0v) is 10.4. The molecular weight excluding hydrogens is 214 g/mol. The van der Waals surface area contributed by atoms with Crippen LogP contribution in [0.3, 0.4) is 0 Å². The molecule has 1 aliphatic carbocycles. The van der Waals surface area contributed by atoms with E-state index >= 15 is 0 Å². The predicted octanol–water partition coefficient (Wildman–Crippen LogP) is 0.138. The van der Waals surface area contributed by atoms with Gasteiger partial charge < -0.3 is 4.90 Å². The molecule has 3 N–H and O–H groups in total. The molecule has 3 fully saturated rings. The number of fused-ring (bicyclic) bond motifs is 1. The van der Waals surface area contributed by atoms with E-state index in [9.17, 15) is 0 Å². The first-order valence-corrected chi connectivity index (χ1v) is 6.90. The third kappa shape index (κ3) is 2.55. The van der Waals surface area contributed by atoms with Crippen LogP contribution in [0.25, 0.3) is 0 Å². The van der Waals surface area contributed by atoms with Crippen LogP contribution in [0.2, 0.25) is 0 Å². The molecule has 17 heavy (non-hydrogen) atoms. The van der Waals surface area contributed by atoms with E-state index in [0.717, 1.165) is 31.6 Å². The normalized spacial score (nSPS) is 31.2. The summed E-state index contributed by atoms with van der Waals surface area (Å²) in [5.74, 6) is 6.53. The number of nitrogens with two attached hydrogens (primary N) is 1. The molecular formula is C12H23N5. The second-order valence-corrected chi connectivity index (χ2v) is 5.46. The quantitative estimate of drug-likeness (QED) is 0.295. The number of hydrogen-bond donors (Lipinski definition) is 2. The molecule has 5 nitrogen and oxygen atoms in total. The molecule has 1 saturated carbocycles. The smallest absolute Gasteiger partial charge is 0.208 e. The lowest BCUT2D eigenvalue weighted by Crippen LogP contribution is -2.59. The van der Waals surface area contributed by atoms with Crippen LogP contribution in [0.15, 0.2) is 4.99 Å². The fraction of sp³-hybridized carbons (Fsp3) is 0.917. The summed E-state index contributed by atoms with van der Waals surface area (Å²) in [4.78, 5) is 9.62.